The zero-order valence-corrected chi connectivity index (χ0v) is 59.4. The number of carbonyl (C=O) groups excluding carboxylic acids is 1. The van der Waals surface area contributed by atoms with Crippen molar-refractivity contribution in [1.29, 1.82) is 10.5 Å². The Hall–Kier alpha value is -9.37. The van der Waals surface area contributed by atoms with Crippen LogP contribution in [0.2, 0.25) is 20.4 Å². The van der Waals surface area contributed by atoms with E-state index in [0.717, 1.165) is 115 Å². The van der Waals surface area contributed by atoms with Crippen LogP contribution in [0.1, 0.15) is 54.9 Å². The van der Waals surface area contributed by atoms with Crippen LogP contribution in [0.25, 0.3) is 0 Å². The third-order valence-electron chi connectivity index (χ3n) is 14.9. The Morgan fingerprint density at radius 3 is 1.16 bits per heavy atom. The van der Waals surface area contributed by atoms with E-state index in [-0.39, 0.29) is 57.4 Å². The first-order chi connectivity index (χ1) is 49.7. The third-order valence-corrected chi connectivity index (χ3v) is 18.8. The summed E-state index contributed by atoms with van der Waals surface area (Å²) >= 11 is 26.9. The van der Waals surface area contributed by atoms with Gasteiger partial charge in [-0.15, -0.1) is 12.8 Å². The first-order valence-electron chi connectivity index (χ1n) is 30.6. The molecule has 2 aliphatic rings. The van der Waals surface area contributed by atoms with Gasteiger partial charge in [-0.05, 0) is 119 Å². The van der Waals surface area contributed by atoms with Gasteiger partial charge in [0.15, 0.2) is 0 Å². The number of primary amides is 1. The molecule has 0 bridgehead atoms. The van der Waals surface area contributed by atoms with Crippen molar-refractivity contribution in [3.8, 4) is 54.5 Å². The Labute approximate surface area is 623 Å². The monoisotopic (exact) mass is 1560 g/mol. The van der Waals surface area contributed by atoms with Gasteiger partial charge in [0.1, 0.15) is 19.8 Å². The molecule has 17 nitrogen and oxygen atoms in total. The zero-order valence-electron chi connectivity index (χ0n) is 53.9. The van der Waals surface area contributed by atoms with Crippen LogP contribution in [-0.4, -0.2) is 111 Å². The van der Waals surface area contributed by atoms with Crippen LogP contribution in [-0.2, 0) is 38.3 Å². The van der Waals surface area contributed by atoms with Crippen molar-refractivity contribution in [1.82, 2.24) is 39.7 Å². The number of hydrogen-bond acceptors (Lipinski definition) is 19. The number of anilines is 2. The highest BCUT2D eigenvalue weighted by atomic mass is 35.5. The molecule has 33 heteroatoms. The van der Waals surface area contributed by atoms with E-state index in [2.05, 4.69) is 51.5 Å². The third kappa shape index (κ3) is 22.6. The molecule has 2 aliphatic heterocycles. The van der Waals surface area contributed by atoms with Crippen molar-refractivity contribution in [2.24, 2.45) is 5.73 Å². The first-order valence-corrected chi connectivity index (χ1v) is 34.6. The molecule has 1 amide bonds. The number of nitriles is 2. The normalized spacial score (nSPS) is 13.4. The largest absolute Gasteiger partial charge is 0.472 e. The lowest BCUT2D eigenvalue weighted by molar-refractivity contribution is -0.138. The molecule has 2 fully saturated rings. The van der Waals surface area contributed by atoms with Gasteiger partial charge in [0.2, 0.25) is 40.7 Å². The fourth-order valence-electron chi connectivity index (χ4n) is 9.91. The maximum atomic E-state index is 13.6. The maximum Gasteiger partial charge on any atom is 0.417 e. The van der Waals surface area contributed by atoms with Crippen molar-refractivity contribution in [3.05, 3.63) is 216 Å². The minimum atomic E-state index is -4.76. The minimum Gasteiger partial charge on any atom is -0.472 e. The number of rotatable bonds is 20. The minimum absolute atomic E-state index is 0.0637. The molecule has 104 heavy (non-hydrogen) atoms. The first kappa shape index (κ1) is 78.8. The van der Waals surface area contributed by atoms with Gasteiger partial charge in [0.25, 0.3) is 0 Å². The zero-order chi connectivity index (χ0) is 74.7. The number of piperazine rings is 2. The second kappa shape index (κ2) is 36.4. The molecule has 0 unspecified atom stereocenters. The molecule has 9 aromatic rings. The smallest absolute Gasteiger partial charge is 0.417 e. The molecule has 2 saturated heterocycles. The molecule has 3 aromatic heterocycles. The summed E-state index contributed by atoms with van der Waals surface area (Å²) in [5, 5.41) is 19.6. The Bertz CT molecular complexity index is 4720. The average Bonchev–Trinajstić information content (AvgIpc) is 0.901. The summed E-state index contributed by atoms with van der Waals surface area (Å²) < 4.78 is 138. The van der Waals surface area contributed by atoms with Crippen LogP contribution in [0.5, 0.6) is 17.6 Å². The van der Waals surface area contributed by atoms with Crippen LogP contribution in [0.15, 0.2) is 175 Å². The molecule has 0 saturated carbocycles. The lowest BCUT2D eigenvalue weighted by atomic mass is 10.1. The van der Waals surface area contributed by atoms with E-state index in [0.29, 0.717) is 80.9 Å². The van der Waals surface area contributed by atoms with E-state index in [1.165, 1.54) is 30.6 Å². The number of benzene rings is 6. The molecule has 0 spiro atoms. The lowest BCUT2D eigenvalue weighted by Gasteiger charge is -2.33. The Balaban J connectivity index is 0.000000183. The second-order valence-electron chi connectivity index (χ2n) is 22.2. The number of hydrogen-bond donors (Lipinski definition) is 1. The number of halogens is 13. The van der Waals surface area contributed by atoms with Gasteiger partial charge in [-0.1, -0.05) is 118 Å². The van der Waals surface area contributed by atoms with E-state index in [1.54, 1.807) is 79.0 Å². The highest BCUT2D eigenvalue weighted by Crippen LogP contribution is 2.43. The predicted molar refractivity (Wildman–Crippen MR) is 378 cm³/mol. The van der Waals surface area contributed by atoms with Crippen molar-refractivity contribution in [2.45, 2.75) is 67.7 Å². The lowest BCUT2D eigenvalue weighted by Crippen LogP contribution is -2.47. The Kier molecular flexibility index (Phi) is 27.5. The maximum absolute atomic E-state index is 13.6. The molecule has 11 rings (SSSR count). The van der Waals surface area contributed by atoms with Crippen LogP contribution in [0, 0.1) is 47.3 Å². The number of alkyl halides is 9. The molecule has 5 heterocycles. The van der Waals surface area contributed by atoms with Gasteiger partial charge in [-0.25, -0.2) is 15.0 Å². The number of amides is 1. The molecule has 0 aliphatic carbocycles. The summed E-state index contributed by atoms with van der Waals surface area (Å²) in [5.74, 6) is 5.59. The standard InChI is InChI=1S/C26H23ClF3N5O2S.C26H21ClF3N5OS.C19H10Cl2F3N3OS/c1-2-8-34-9-11-35(12-10-34)25-32-15-22(24(33-25)37-16-17-4-3-5-18(27)13-17)38-19-6-7-20(23(31)36)21(14-19)26(28,29)30;1-2-8-34-9-11-35(12-10-34)25-32-16-23(24(33-25)36-17-18-4-3-5-20(27)13-18)37-21-7-6-19(15-31)22(14-21)26(28,29)30;20-13-3-1-2-11(6-13)10-28-17-16(9-26-18(21)27-17)29-14-5-4-12(8-25)15(7-14)19(22,23)24/h1,3-7,13-15H,8-12,16H2,(H2,31,36);1,3-7,13-14,16H,8-12,17H2;1-7,9H,10H2. The van der Waals surface area contributed by atoms with Gasteiger partial charge in [-0.2, -0.15) is 65.0 Å². The van der Waals surface area contributed by atoms with Crippen LogP contribution in [0.4, 0.5) is 51.4 Å². The molecule has 2 N–H and O–H groups in total. The highest BCUT2D eigenvalue weighted by Gasteiger charge is 2.37. The number of nitrogens with two attached hydrogens (primary N) is 1. The van der Waals surface area contributed by atoms with Gasteiger partial charge >= 0.3 is 18.5 Å². The summed E-state index contributed by atoms with van der Waals surface area (Å²) in [6.45, 7) is 7.22. The highest BCUT2D eigenvalue weighted by molar-refractivity contribution is 8.00. The number of aromatic nitrogens is 6. The Morgan fingerprint density at radius 2 is 0.827 bits per heavy atom. The van der Waals surface area contributed by atoms with E-state index in [4.69, 9.17) is 89.7 Å². The van der Waals surface area contributed by atoms with Crippen molar-refractivity contribution >= 4 is 99.5 Å². The molecular formula is C71H54Cl4F9N13O4S3. The van der Waals surface area contributed by atoms with Crippen molar-refractivity contribution < 1.29 is 58.5 Å². The number of ether oxygens (including phenoxy) is 3. The van der Waals surface area contributed by atoms with E-state index >= 15 is 0 Å². The summed E-state index contributed by atoms with van der Waals surface area (Å²) in [7, 11) is 0. The number of terminal acetylenes is 2. The van der Waals surface area contributed by atoms with Gasteiger partial charge in [0.05, 0.1) is 85.7 Å². The predicted octanol–water partition coefficient (Wildman–Crippen LogP) is 16.6. The van der Waals surface area contributed by atoms with Crippen LogP contribution in [0.3, 0.4) is 0 Å². The molecule has 0 radical (unpaired) electrons. The molecule has 536 valence electrons. The fraction of sp³-hybridized carbons (Fsp3) is 0.225. The summed E-state index contributed by atoms with van der Waals surface area (Å²) in [6, 6.07) is 34.7. The van der Waals surface area contributed by atoms with Gasteiger partial charge in [-0.3, -0.25) is 14.6 Å². The fourth-order valence-corrected chi connectivity index (χ4v) is 13.3. The van der Waals surface area contributed by atoms with Crippen molar-refractivity contribution in [2.75, 3.05) is 75.2 Å². The van der Waals surface area contributed by atoms with Gasteiger partial charge < -0.3 is 29.7 Å². The van der Waals surface area contributed by atoms with Gasteiger partial charge in [0, 0.05) is 88.3 Å². The molecular weight excluding hydrogens is 1510 g/mol. The van der Waals surface area contributed by atoms with E-state index < -0.39 is 57.8 Å². The number of nitrogens with zero attached hydrogens (tertiary/aromatic N) is 12. The Morgan fingerprint density at radius 1 is 0.481 bits per heavy atom. The topological polar surface area (TPSA) is 209 Å². The average molecular weight is 1560 g/mol. The van der Waals surface area contributed by atoms with E-state index in [9.17, 15) is 44.3 Å². The van der Waals surface area contributed by atoms with Crippen molar-refractivity contribution in [3.63, 3.8) is 0 Å². The SMILES string of the molecule is C#CCN1CCN(c2ncc(Sc3ccc(C#N)c(C(F)(F)F)c3)c(OCc3cccc(Cl)c3)n2)CC1.C#CCN1CCN(c2ncc(Sc3ccc(C(N)=O)c(C(F)(F)F)c3)c(OCc3cccc(Cl)c3)n2)CC1.N#Cc1ccc(Sc2cnc(Cl)nc2OCc2cccc(Cl)c2)cc1C(F)(F)F. The number of carbonyl (C=O) groups is 1. The molecule has 6 aromatic carbocycles. The molecule has 0 atom stereocenters. The van der Waals surface area contributed by atoms with Crippen LogP contribution < -0.4 is 29.7 Å². The van der Waals surface area contributed by atoms with Crippen LogP contribution >= 0.6 is 81.7 Å². The summed E-state index contributed by atoms with van der Waals surface area (Å²) in [4.78, 5) is 47.8. The quantitative estimate of drug-likeness (QED) is 0.0427. The second-order valence-corrected chi connectivity index (χ2v) is 27.2. The summed E-state index contributed by atoms with van der Waals surface area (Å²) in [6.07, 6.45) is 1.18. The van der Waals surface area contributed by atoms with E-state index in [1.807, 2.05) is 21.9 Å². The summed E-state index contributed by atoms with van der Waals surface area (Å²) in [5.41, 5.74) is 2.91.